The van der Waals surface area contributed by atoms with Gasteiger partial charge in [0.05, 0.1) is 23.3 Å². The van der Waals surface area contributed by atoms with Gasteiger partial charge in [-0.15, -0.1) is 0 Å². The van der Waals surface area contributed by atoms with Crippen molar-refractivity contribution in [2.24, 2.45) is 7.05 Å². The number of rotatable bonds is 3. The largest absolute Gasteiger partial charge is 0.300 e. The molecule has 1 aliphatic heterocycles. The predicted octanol–water partition coefficient (Wildman–Crippen LogP) is 1.30. The molecule has 0 radical (unpaired) electrons. The van der Waals surface area contributed by atoms with Gasteiger partial charge in [0.2, 0.25) is 9.84 Å². The number of hydrogen-bond donors (Lipinski definition) is 2. The average Bonchev–Trinajstić information content (AvgIpc) is 2.84. The molecule has 0 spiro atoms. The van der Waals surface area contributed by atoms with Gasteiger partial charge in [0.25, 0.3) is 5.56 Å². The van der Waals surface area contributed by atoms with Crippen molar-refractivity contribution in [3.05, 3.63) is 49.8 Å². The number of hydrogen-bond acceptors (Lipinski definition) is 6. The Morgan fingerprint density at radius 1 is 1.22 bits per heavy atom. The van der Waals surface area contributed by atoms with E-state index in [1.54, 1.807) is 33.9 Å². The Labute approximate surface area is 156 Å². The number of hydroxylamine groups is 1. The maximum absolute atomic E-state index is 12.9. The predicted molar refractivity (Wildman–Crippen MR) is 100 cm³/mol. The zero-order chi connectivity index (χ0) is 20.1. The van der Waals surface area contributed by atoms with E-state index in [2.05, 4.69) is 10.6 Å². The van der Waals surface area contributed by atoms with Crippen molar-refractivity contribution < 1.29 is 18.0 Å². The fourth-order valence-electron chi connectivity index (χ4n) is 3.49. The van der Waals surface area contributed by atoms with E-state index >= 15 is 0 Å². The number of fused-ring (bicyclic) bond motifs is 1. The highest BCUT2D eigenvalue weighted by Crippen LogP contribution is 2.41. The summed E-state index contributed by atoms with van der Waals surface area (Å²) in [6.07, 6.45) is 1.19. The fourth-order valence-corrected chi connectivity index (χ4v) is 5.11. The molecule has 27 heavy (non-hydrogen) atoms. The molecule has 8 nitrogen and oxygen atoms in total. The van der Waals surface area contributed by atoms with Gasteiger partial charge >= 0.3 is 0 Å². The summed E-state index contributed by atoms with van der Waals surface area (Å²) in [4.78, 5) is 28.3. The van der Waals surface area contributed by atoms with Crippen LogP contribution in [0.1, 0.15) is 22.4 Å². The minimum Gasteiger partial charge on any atom is -0.300 e. The highest BCUT2D eigenvalue weighted by Gasteiger charge is 2.35. The number of nitrogens with zero attached hydrogens (tertiary/aromatic N) is 1. The number of allylic oxidation sites excluding steroid dienone is 1. The van der Waals surface area contributed by atoms with Crippen LogP contribution in [0.25, 0.3) is 16.8 Å². The van der Waals surface area contributed by atoms with Crippen LogP contribution in [0.4, 0.5) is 0 Å². The van der Waals surface area contributed by atoms with Crippen LogP contribution in [0.15, 0.2) is 26.7 Å². The fraction of sp³-hybridized carbons (Fsp3) is 0.278. The molecule has 0 unspecified atom stereocenters. The summed E-state index contributed by atoms with van der Waals surface area (Å²) in [5.74, 6) is 1.49. The smallest absolute Gasteiger partial charge is 0.274 e. The molecule has 0 bridgehead atoms. The lowest BCUT2D eigenvalue weighted by Crippen LogP contribution is -2.22. The first kappa shape index (κ1) is 18.9. The third-order valence-corrected chi connectivity index (χ3v) is 6.48. The van der Waals surface area contributed by atoms with Crippen LogP contribution in [-0.4, -0.2) is 31.2 Å². The van der Waals surface area contributed by atoms with Gasteiger partial charge in [0.15, 0.2) is 4.91 Å². The Bertz CT molecular complexity index is 1210. The lowest BCUT2D eigenvalue weighted by molar-refractivity contribution is 0.136. The average molecular weight is 389 g/mol. The van der Waals surface area contributed by atoms with Crippen molar-refractivity contribution in [3.63, 3.8) is 0 Å². The molecular formula is C18H19N3O5S. The number of benzene rings is 1. The summed E-state index contributed by atoms with van der Waals surface area (Å²) in [7, 11) is -1.03. The molecule has 9 heteroatoms. The van der Waals surface area contributed by atoms with Crippen LogP contribution in [0.2, 0.25) is 0 Å². The van der Waals surface area contributed by atoms with Gasteiger partial charge in [-0.25, -0.2) is 13.2 Å². The molecule has 2 N–H and O–H groups in total. The first-order chi connectivity index (χ1) is 12.6. The molecule has 2 heterocycles. The number of H-pyrrole nitrogens is 1. The quantitative estimate of drug-likeness (QED) is 0.605. The Morgan fingerprint density at radius 2 is 1.89 bits per heavy atom. The minimum atomic E-state index is -4.02. The number of aromatic nitrogens is 2. The molecule has 1 aliphatic rings. The third kappa shape index (κ3) is 2.68. The van der Waals surface area contributed by atoms with E-state index in [1.165, 1.54) is 23.8 Å². The zero-order valence-corrected chi connectivity index (χ0v) is 16.4. The Kier molecular flexibility index (Phi) is 4.47. The molecule has 0 atom stereocenters. The van der Waals surface area contributed by atoms with E-state index in [9.17, 15) is 18.0 Å². The number of sulfone groups is 1. The van der Waals surface area contributed by atoms with Crippen molar-refractivity contribution >= 4 is 21.5 Å². The topological polar surface area (TPSA) is 110 Å². The van der Waals surface area contributed by atoms with E-state index in [1.807, 2.05) is 0 Å². The van der Waals surface area contributed by atoms with Crippen LogP contribution in [0.5, 0.6) is 0 Å². The summed E-state index contributed by atoms with van der Waals surface area (Å²) in [6.45, 7) is 5.14. The summed E-state index contributed by atoms with van der Waals surface area (Å²) < 4.78 is 27.1. The van der Waals surface area contributed by atoms with Crippen LogP contribution < -0.4 is 11.0 Å². The van der Waals surface area contributed by atoms with Gasteiger partial charge in [-0.1, -0.05) is 0 Å². The van der Waals surface area contributed by atoms with Crippen molar-refractivity contribution in [3.8, 4) is 11.1 Å². The summed E-state index contributed by atoms with van der Waals surface area (Å²) >= 11 is 0. The second-order valence-corrected chi connectivity index (χ2v) is 8.24. The minimum absolute atomic E-state index is 0.00848. The molecular weight excluding hydrogens is 370 g/mol. The van der Waals surface area contributed by atoms with Gasteiger partial charge in [-0.2, -0.15) is 0 Å². The molecule has 1 aromatic carbocycles. The van der Waals surface area contributed by atoms with E-state index in [4.69, 9.17) is 4.84 Å². The molecule has 0 saturated carbocycles. The summed E-state index contributed by atoms with van der Waals surface area (Å²) in [5.41, 5.74) is 5.85. The van der Waals surface area contributed by atoms with Crippen LogP contribution in [-0.2, 0) is 26.5 Å². The van der Waals surface area contributed by atoms with Crippen molar-refractivity contribution in [1.29, 1.82) is 0 Å². The van der Waals surface area contributed by atoms with Gasteiger partial charge in [0.1, 0.15) is 5.94 Å². The molecule has 1 aromatic heterocycles. The summed E-state index contributed by atoms with van der Waals surface area (Å²) in [5, 5.41) is 2.95. The number of nitrogens with one attached hydrogen (secondary N) is 2. The highest BCUT2D eigenvalue weighted by molar-refractivity contribution is 7.96. The maximum atomic E-state index is 12.9. The van der Waals surface area contributed by atoms with E-state index < -0.39 is 14.7 Å². The van der Waals surface area contributed by atoms with Gasteiger partial charge < -0.3 is 0 Å². The van der Waals surface area contributed by atoms with Gasteiger partial charge in [-0.05, 0) is 49.6 Å². The molecule has 0 fully saturated rings. The molecule has 2 aromatic rings. The molecule has 0 saturated heterocycles. The Hall–Kier alpha value is -2.87. The second-order valence-electron chi connectivity index (χ2n) is 6.38. The van der Waals surface area contributed by atoms with Crippen molar-refractivity contribution in [1.82, 2.24) is 15.3 Å². The lowest BCUT2D eigenvalue weighted by Gasteiger charge is -2.24. The SMILES string of the molecule is CONC1=CC(=C=O)S(=O)(=O)c2c(C)cc(-c3c(C)[nH]n(C)c3=O)c(C)c21. The molecule has 0 amide bonds. The van der Waals surface area contributed by atoms with E-state index in [-0.39, 0.29) is 10.5 Å². The third-order valence-electron chi connectivity index (χ3n) is 4.64. The van der Waals surface area contributed by atoms with E-state index in [0.29, 0.717) is 39.2 Å². The Balaban J connectivity index is 2.48. The first-order valence-corrected chi connectivity index (χ1v) is 9.54. The lowest BCUT2D eigenvalue weighted by atomic mass is 9.92. The molecule has 142 valence electrons. The van der Waals surface area contributed by atoms with Crippen molar-refractivity contribution in [2.45, 2.75) is 25.7 Å². The van der Waals surface area contributed by atoms with Crippen molar-refractivity contribution in [2.75, 3.05) is 7.11 Å². The monoisotopic (exact) mass is 389 g/mol. The number of aromatic amines is 1. The normalized spacial score (nSPS) is 15.1. The maximum Gasteiger partial charge on any atom is 0.274 e. The second kappa shape index (κ2) is 6.38. The Morgan fingerprint density at radius 3 is 2.41 bits per heavy atom. The summed E-state index contributed by atoms with van der Waals surface area (Å²) in [6, 6.07) is 1.65. The molecule has 0 aliphatic carbocycles. The van der Waals surface area contributed by atoms with E-state index in [0.717, 1.165) is 0 Å². The van der Waals surface area contributed by atoms with Gasteiger partial charge in [0, 0.05) is 18.3 Å². The van der Waals surface area contributed by atoms with Crippen LogP contribution in [0, 0.1) is 20.8 Å². The zero-order valence-electron chi connectivity index (χ0n) is 15.6. The van der Waals surface area contributed by atoms with Crippen LogP contribution >= 0.6 is 0 Å². The molecule has 3 rings (SSSR count). The number of carbonyl (C=O) groups excluding carboxylic acids is 1. The number of aryl methyl sites for hydroxylation is 3. The standard InChI is InChI=1S/C18H19N3O5S/c1-9-6-13(16-11(3)19-21(4)18(16)23)10(2)15-14(20-26-5)7-12(8-22)27(24,25)17(9)15/h6-7,19-20H,1-5H3. The van der Waals surface area contributed by atoms with Gasteiger partial charge in [-0.3, -0.25) is 24.9 Å². The van der Waals surface area contributed by atoms with Crippen LogP contribution in [0.3, 0.4) is 0 Å². The highest BCUT2D eigenvalue weighted by atomic mass is 32.2. The first-order valence-electron chi connectivity index (χ1n) is 8.06.